The molecule has 4 N–H and O–H groups in total. The Morgan fingerprint density at radius 1 is 1.56 bits per heavy atom. The molecule has 1 amide bonds. The van der Waals surface area contributed by atoms with Gasteiger partial charge in [-0.05, 0) is 24.8 Å². The van der Waals surface area contributed by atoms with Gasteiger partial charge in [0.1, 0.15) is 0 Å². The molecule has 16 heavy (non-hydrogen) atoms. The number of nitrogens with one attached hydrogen (secondary N) is 2. The van der Waals surface area contributed by atoms with Gasteiger partial charge in [-0.2, -0.15) is 0 Å². The van der Waals surface area contributed by atoms with Crippen molar-refractivity contribution in [1.29, 1.82) is 0 Å². The molecule has 1 aliphatic carbocycles. The summed E-state index contributed by atoms with van der Waals surface area (Å²) in [5.41, 5.74) is 3.56. The fourth-order valence-corrected chi connectivity index (χ4v) is 1.74. The molecular formula is C11H16N4O. The SMILES string of the molecule is NNc1cnccc1C(=O)NCC1CCC1. The molecule has 1 saturated carbocycles. The van der Waals surface area contributed by atoms with Crippen LogP contribution in [0.5, 0.6) is 0 Å². The Hall–Kier alpha value is -1.62. The Morgan fingerprint density at radius 3 is 3.00 bits per heavy atom. The van der Waals surface area contributed by atoms with Gasteiger partial charge in [-0.15, -0.1) is 0 Å². The Kier molecular flexibility index (Phi) is 3.36. The number of nitrogens with two attached hydrogens (primary N) is 1. The largest absolute Gasteiger partial charge is 0.352 e. The number of anilines is 1. The van der Waals surface area contributed by atoms with E-state index in [9.17, 15) is 4.79 Å². The highest BCUT2D eigenvalue weighted by Crippen LogP contribution is 2.25. The molecule has 0 bridgehead atoms. The van der Waals surface area contributed by atoms with Crippen LogP contribution in [-0.2, 0) is 0 Å². The van der Waals surface area contributed by atoms with Crippen LogP contribution in [0.25, 0.3) is 0 Å². The predicted octanol–water partition coefficient (Wildman–Crippen LogP) is 0.897. The third-order valence-electron chi connectivity index (χ3n) is 3.00. The van der Waals surface area contributed by atoms with E-state index in [0.29, 0.717) is 17.2 Å². The number of nitrogens with zero attached hydrogens (tertiary/aromatic N) is 1. The molecule has 0 radical (unpaired) electrons. The van der Waals surface area contributed by atoms with Crippen LogP contribution < -0.4 is 16.6 Å². The van der Waals surface area contributed by atoms with Gasteiger partial charge < -0.3 is 10.7 Å². The third kappa shape index (κ3) is 2.30. The van der Waals surface area contributed by atoms with Gasteiger partial charge in [0, 0.05) is 12.7 Å². The van der Waals surface area contributed by atoms with Crippen LogP contribution in [0.15, 0.2) is 18.5 Å². The van der Waals surface area contributed by atoms with Gasteiger partial charge >= 0.3 is 0 Å². The smallest absolute Gasteiger partial charge is 0.253 e. The van der Waals surface area contributed by atoms with E-state index in [4.69, 9.17) is 5.84 Å². The summed E-state index contributed by atoms with van der Waals surface area (Å²) in [6.07, 6.45) is 6.85. The van der Waals surface area contributed by atoms with Gasteiger partial charge in [-0.1, -0.05) is 6.42 Å². The highest BCUT2D eigenvalue weighted by molar-refractivity contribution is 5.99. The van der Waals surface area contributed by atoms with Crippen LogP contribution in [0.4, 0.5) is 5.69 Å². The predicted molar refractivity (Wildman–Crippen MR) is 61.7 cm³/mol. The Labute approximate surface area is 94.4 Å². The van der Waals surface area contributed by atoms with E-state index in [-0.39, 0.29) is 5.91 Å². The van der Waals surface area contributed by atoms with Gasteiger partial charge in [0.15, 0.2) is 0 Å². The van der Waals surface area contributed by atoms with Gasteiger partial charge in [0.2, 0.25) is 0 Å². The summed E-state index contributed by atoms with van der Waals surface area (Å²) in [7, 11) is 0. The second-order valence-electron chi connectivity index (χ2n) is 4.07. The number of carbonyl (C=O) groups is 1. The molecule has 5 heteroatoms. The van der Waals surface area contributed by atoms with E-state index in [1.165, 1.54) is 25.5 Å². The first-order valence-electron chi connectivity index (χ1n) is 5.50. The summed E-state index contributed by atoms with van der Waals surface area (Å²) in [5, 5.41) is 2.91. The molecule has 1 aromatic heterocycles. The van der Waals surface area contributed by atoms with Crippen LogP contribution in [0.2, 0.25) is 0 Å². The average Bonchev–Trinajstić information content (AvgIpc) is 2.26. The van der Waals surface area contributed by atoms with Crippen LogP contribution in [0, 0.1) is 5.92 Å². The highest BCUT2D eigenvalue weighted by atomic mass is 16.1. The van der Waals surface area contributed by atoms with E-state index in [1.807, 2.05) is 0 Å². The van der Waals surface area contributed by atoms with Gasteiger partial charge in [0.25, 0.3) is 5.91 Å². The number of rotatable bonds is 4. The van der Waals surface area contributed by atoms with Crippen LogP contribution in [0.3, 0.4) is 0 Å². The maximum Gasteiger partial charge on any atom is 0.253 e. The van der Waals surface area contributed by atoms with E-state index in [1.54, 1.807) is 12.3 Å². The quantitative estimate of drug-likeness (QED) is 0.520. The summed E-state index contributed by atoms with van der Waals surface area (Å²) in [4.78, 5) is 15.7. The minimum Gasteiger partial charge on any atom is -0.352 e. The summed E-state index contributed by atoms with van der Waals surface area (Å²) in [6.45, 7) is 0.755. The molecule has 0 aliphatic heterocycles. The topological polar surface area (TPSA) is 80.0 Å². The van der Waals surface area contributed by atoms with Crippen molar-refractivity contribution >= 4 is 11.6 Å². The normalized spacial score (nSPS) is 15.3. The van der Waals surface area contributed by atoms with E-state index < -0.39 is 0 Å². The standard InChI is InChI=1S/C11H16N4O/c12-15-10-7-13-5-4-9(10)11(16)14-6-8-2-1-3-8/h4-5,7-8,15H,1-3,6,12H2,(H,14,16). The number of hydrogen-bond acceptors (Lipinski definition) is 4. The monoisotopic (exact) mass is 220 g/mol. The van der Waals surface area contributed by atoms with Crippen molar-refractivity contribution in [2.75, 3.05) is 12.0 Å². The molecule has 0 atom stereocenters. The summed E-state index contributed by atoms with van der Waals surface area (Å²) in [6, 6.07) is 1.66. The van der Waals surface area contributed by atoms with Crippen LogP contribution >= 0.6 is 0 Å². The molecule has 5 nitrogen and oxygen atoms in total. The number of pyridine rings is 1. The number of aromatic nitrogens is 1. The third-order valence-corrected chi connectivity index (χ3v) is 3.00. The molecule has 86 valence electrons. The van der Waals surface area contributed by atoms with Crippen molar-refractivity contribution in [3.63, 3.8) is 0 Å². The van der Waals surface area contributed by atoms with Crippen molar-refractivity contribution in [3.8, 4) is 0 Å². The molecule has 2 rings (SSSR count). The van der Waals surface area contributed by atoms with Gasteiger partial charge in [0.05, 0.1) is 17.4 Å². The Morgan fingerprint density at radius 2 is 2.38 bits per heavy atom. The zero-order valence-electron chi connectivity index (χ0n) is 9.07. The lowest BCUT2D eigenvalue weighted by molar-refractivity contribution is 0.0940. The summed E-state index contributed by atoms with van der Waals surface area (Å²) < 4.78 is 0. The molecule has 0 saturated heterocycles. The van der Waals surface area contributed by atoms with Crippen LogP contribution in [-0.4, -0.2) is 17.4 Å². The van der Waals surface area contributed by atoms with E-state index >= 15 is 0 Å². The molecule has 0 aromatic carbocycles. The maximum atomic E-state index is 11.8. The molecule has 1 aliphatic rings. The second-order valence-corrected chi connectivity index (χ2v) is 4.07. The minimum absolute atomic E-state index is 0.0951. The summed E-state index contributed by atoms with van der Waals surface area (Å²) >= 11 is 0. The summed E-state index contributed by atoms with van der Waals surface area (Å²) in [5.74, 6) is 5.87. The lowest BCUT2D eigenvalue weighted by Gasteiger charge is -2.25. The Bertz CT molecular complexity index is 376. The first-order valence-corrected chi connectivity index (χ1v) is 5.50. The van der Waals surface area contributed by atoms with Gasteiger partial charge in [-0.25, -0.2) is 0 Å². The lowest BCUT2D eigenvalue weighted by Crippen LogP contribution is -2.32. The fraction of sp³-hybridized carbons (Fsp3) is 0.455. The van der Waals surface area contributed by atoms with Crippen molar-refractivity contribution in [1.82, 2.24) is 10.3 Å². The van der Waals surface area contributed by atoms with Crippen molar-refractivity contribution < 1.29 is 4.79 Å². The first kappa shape index (κ1) is 10.9. The minimum atomic E-state index is -0.0951. The number of amides is 1. The molecule has 1 fully saturated rings. The Balaban J connectivity index is 1.96. The van der Waals surface area contributed by atoms with Crippen molar-refractivity contribution in [3.05, 3.63) is 24.0 Å². The maximum absolute atomic E-state index is 11.8. The molecule has 1 heterocycles. The number of hydrogen-bond donors (Lipinski definition) is 3. The number of hydrazine groups is 1. The number of carbonyl (C=O) groups excluding carboxylic acids is 1. The van der Waals surface area contributed by atoms with Crippen LogP contribution in [0.1, 0.15) is 29.6 Å². The zero-order valence-corrected chi connectivity index (χ0v) is 9.07. The lowest BCUT2D eigenvalue weighted by atomic mass is 9.85. The molecular weight excluding hydrogens is 204 g/mol. The fourth-order valence-electron chi connectivity index (χ4n) is 1.74. The van der Waals surface area contributed by atoms with Crippen molar-refractivity contribution in [2.24, 2.45) is 11.8 Å². The zero-order chi connectivity index (χ0) is 11.4. The first-order chi connectivity index (χ1) is 7.81. The van der Waals surface area contributed by atoms with E-state index in [2.05, 4.69) is 15.7 Å². The average molecular weight is 220 g/mol. The molecule has 0 unspecified atom stereocenters. The number of nitrogen functional groups attached to an aromatic ring is 1. The van der Waals surface area contributed by atoms with Gasteiger partial charge in [-0.3, -0.25) is 15.6 Å². The van der Waals surface area contributed by atoms with Crippen molar-refractivity contribution in [2.45, 2.75) is 19.3 Å². The van der Waals surface area contributed by atoms with E-state index in [0.717, 1.165) is 6.54 Å². The second kappa shape index (κ2) is 4.94. The molecule has 1 aromatic rings. The highest BCUT2D eigenvalue weighted by Gasteiger charge is 2.19. The molecule has 0 spiro atoms.